The average molecular weight is 222 g/mol. The van der Waals surface area contributed by atoms with Gasteiger partial charge in [-0.05, 0) is 31.2 Å². The third-order valence-corrected chi connectivity index (χ3v) is 5.05. The Morgan fingerprint density at radius 2 is 1.85 bits per heavy atom. The predicted molar refractivity (Wildman–Crippen MR) is 59.3 cm³/mol. The summed E-state index contributed by atoms with van der Waals surface area (Å²) in [6.45, 7) is 4.47. The molecule has 0 radical (unpaired) electrons. The monoisotopic (exact) mass is 222 g/mol. The molecule has 0 aliphatic carbocycles. The van der Waals surface area contributed by atoms with Crippen LogP contribution in [-0.4, -0.2) is 34.4 Å². The lowest BCUT2D eigenvalue weighted by atomic mass is 10.5. The molecule has 0 saturated heterocycles. The Morgan fingerprint density at radius 1 is 1.31 bits per heavy atom. The van der Waals surface area contributed by atoms with Crippen molar-refractivity contribution in [3.8, 4) is 0 Å². The van der Waals surface area contributed by atoms with E-state index in [0.717, 1.165) is 12.5 Å². The van der Waals surface area contributed by atoms with Gasteiger partial charge >= 0.3 is 8.56 Å². The summed E-state index contributed by atoms with van der Waals surface area (Å²) in [4.78, 5) is 0. The second-order valence-corrected chi connectivity index (χ2v) is 7.14. The van der Waals surface area contributed by atoms with Gasteiger partial charge in [-0.25, -0.2) is 0 Å². The summed E-state index contributed by atoms with van der Waals surface area (Å²) in [7, 11) is 1.50. The van der Waals surface area contributed by atoms with Crippen molar-refractivity contribution < 1.29 is 13.6 Å². The summed E-state index contributed by atoms with van der Waals surface area (Å²) >= 11 is 4.79. The minimum absolute atomic E-state index is 0.596. The Kier molecular flexibility index (Phi) is 6.49. The zero-order valence-electron chi connectivity index (χ0n) is 8.75. The van der Waals surface area contributed by atoms with Gasteiger partial charge in [0.1, 0.15) is 0 Å². The Hall–Kier alpha value is 0.0269. The molecule has 0 aromatic heterocycles. The van der Waals surface area contributed by atoms with Gasteiger partial charge in [0.2, 0.25) is 0 Å². The fraction of sp³-hybridized carbons (Fsp3) is 0.875. The summed E-state index contributed by atoms with van der Waals surface area (Å²) < 4.78 is 15.8. The van der Waals surface area contributed by atoms with E-state index in [4.69, 9.17) is 25.8 Å². The summed E-state index contributed by atoms with van der Waals surface area (Å²) in [5.41, 5.74) is 0. The van der Waals surface area contributed by atoms with Gasteiger partial charge in [-0.15, -0.1) is 0 Å². The fourth-order valence-corrected chi connectivity index (χ4v) is 2.34. The van der Waals surface area contributed by atoms with Gasteiger partial charge in [0.15, 0.2) is 5.05 Å². The van der Waals surface area contributed by atoms with Crippen molar-refractivity contribution in [3.05, 3.63) is 0 Å². The average Bonchev–Trinajstić information content (AvgIpc) is 2.12. The fourth-order valence-electron chi connectivity index (χ4n) is 0.897. The lowest BCUT2D eigenvalue weighted by Crippen LogP contribution is -2.36. The molecule has 0 atom stereocenters. The molecule has 0 aromatic carbocycles. The van der Waals surface area contributed by atoms with Crippen LogP contribution in [0.25, 0.3) is 0 Å². The third-order valence-electron chi connectivity index (χ3n) is 1.94. The van der Waals surface area contributed by atoms with Crippen molar-refractivity contribution in [2.75, 3.05) is 20.8 Å². The van der Waals surface area contributed by atoms with E-state index in [0.29, 0.717) is 11.7 Å². The first kappa shape index (κ1) is 13.0. The van der Waals surface area contributed by atoms with E-state index >= 15 is 0 Å². The number of thiocarbonyl (C=S) groups is 1. The molecule has 0 spiro atoms. The molecular weight excluding hydrogens is 204 g/mol. The molecule has 0 aliphatic rings. The van der Waals surface area contributed by atoms with Crippen molar-refractivity contribution in [1.82, 2.24) is 0 Å². The molecule has 0 saturated carbocycles. The number of hydrogen-bond donors (Lipinski definition) is 0. The smallest absolute Gasteiger partial charge is 0.334 e. The van der Waals surface area contributed by atoms with Crippen LogP contribution in [0.4, 0.5) is 0 Å². The van der Waals surface area contributed by atoms with Crippen molar-refractivity contribution in [2.24, 2.45) is 0 Å². The van der Waals surface area contributed by atoms with Crippen LogP contribution in [0.2, 0.25) is 12.6 Å². The van der Waals surface area contributed by atoms with E-state index in [1.807, 2.05) is 6.55 Å². The van der Waals surface area contributed by atoms with Crippen LogP contribution in [0.1, 0.15) is 13.3 Å². The van der Waals surface area contributed by atoms with E-state index in [2.05, 4.69) is 0 Å². The molecule has 5 heteroatoms. The zero-order valence-corrected chi connectivity index (χ0v) is 10.6. The second-order valence-electron chi connectivity index (χ2n) is 2.99. The molecule has 0 N–H and O–H groups in total. The summed E-state index contributed by atoms with van der Waals surface area (Å²) in [6.07, 6.45) is 0.929. The van der Waals surface area contributed by atoms with Gasteiger partial charge in [-0.1, -0.05) is 0 Å². The Labute approximate surface area is 86.6 Å². The predicted octanol–water partition coefficient (Wildman–Crippen LogP) is 2.11. The summed E-state index contributed by atoms with van der Waals surface area (Å²) in [6, 6.07) is 0.933. The molecule has 0 unspecified atom stereocenters. The summed E-state index contributed by atoms with van der Waals surface area (Å²) in [5.74, 6) is 0. The van der Waals surface area contributed by atoms with Crippen LogP contribution in [0.5, 0.6) is 0 Å². The first-order valence-corrected chi connectivity index (χ1v) is 7.21. The Bertz CT molecular complexity index is 159. The molecule has 0 rings (SSSR count). The Morgan fingerprint density at radius 3 is 2.23 bits per heavy atom. The van der Waals surface area contributed by atoms with Crippen LogP contribution in [0.3, 0.4) is 0 Å². The highest BCUT2D eigenvalue weighted by Gasteiger charge is 2.27. The quantitative estimate of drug-likeness (QED) is 0.391. The lowest BCUT2D eigenvalue weighted by molar-refractivity contribution is 0.240. The number of hydrogen-bond acceptors (Lipinski definition) is 4. The molecular formula is C8H18O3SSi. The van der Waals surface area contributed by atoms with Gasteiger partial charge in [-0.2, -0.15) is 0 Å². The lowest BCUT2D eigenvalue weighted by Gasteiger charge is -2.22. The third kappa shape index (κ3) is 6.15. The van der Waals surface area contributed by atoms with Crippen molar-refractivity contribution in [2.45, 2.75) is 25.9 Å². The number of ether oxygens (including phenoxy) is 1. The highest BCUT2D eigenvalue weighted by atomic mass is 32.1. The van der Waals surface area contributed by atoms with E-state index in [-0.39, 0.29) is 0 Å². The minimum atomic E-state index is -1.89. The molecule has 78 valence electrons. The van der Waals surface area contributed by atoms with Crippen LogP contribution >= 0.6 is 12.2 Å². The van der Waals surface area contributed by atoms with E-state index in [1.54, 1.807) is 21.1 Å². The Balaban J connectivity index is 3.55. The molecule has 3 nitrogen and oxygen atoms in total. The van der Waals surface area contributed by atoms with Gasteiger partial charge in [-0.3, -0.25) is 0 Å². The maximum absolute atomic E-state index is 5.32. The second kappa shape index (κ2) is 6.48. The maximum Gasteiger partial charge on any atom is 0.334 e. The molecule has 0 bridgehead atoms. The van der Waals surface area contributed by atoms with E-state index in [9.17, 15) is 0 Å². The largest absolute Gasteiger partial charge is 0.487 e. The molecule has 0 aromatic rings. The molecule has 0 heterocycles. The standard InChI is InChI=1S/C8H18O3SSi/c1-8(12)11-6-5-7-13(4,9-2)10-3/h5-7H2,1-4H3. The molecule has 0 amide bonds. The van der Waals surface area contributed by atoms with Crippen LogP contribution in [-0.2, 0) is 13.6 Å². The van der Waals surface area contributed by atoms with Gasteiger partial charge in [0.05, 0.1) is 6.61 Å². The SMILES string of the molecule is CO[Si](C)(CCCOC(C)=S)OC. The highest BCUT2D eigenvalue weighted by Crippen LogP contribution is 2.13. The molecule has 0 fully saturated rings. The highest BCUT2D eigenvalue weighted by molar-refractivity contribution is 7.80. The topological polar surface area (TPSA) is 27.7 Å². The van der Waals surface area contributed by atoms with Crippen LogP contribution in [0.15, 0.2) is 0 Å². The molecule has 13 heavy (non-hydrogen) atoms. The van der Waals surface area contributed by atoms with Gasteiger partial charge < -0.3 is 13.6 Å². The van der Waals surface area contributed by atoms with Gasteiger partial charge in [0, 0.05) is 21.1 Å². The first-order chi connectivity index (χ1) is 6.04. The van der Waals surface area contributed by atoms with E-state index < -0.39 is 8.56 Å². The van der Waals surface area contributed by atoms with Crippen molar-refractivity contribution >= 4 is 25.8 Å². The number of rotatable bonds is 6. The first-order valence-electron chi connectivity index (χ1n) is 4.28. The van der Waals surface area contributed by atoms with Crippen molar-refractivity contribution in [1.29, 1.82) is 0 Å². The van der Waals surface area contributed by atoms with Crippen LogP contribution in [0, 0.1) is 0 Å². The van der Waals surface area contributed by atoms with E-state index in [1.165, 1.54) is 0 Å². The zero-order chi connectivity index (χ0) is 10.3. The minimum Gasteiger partial charge on any atom is -0.487 e. The van der Waals surface area contributed by atoms with Crippen molar-refractivity contribution in [3.63, 3.8) is 0 Å². The maximum atomic E-state index is 5.32. The van der Waals surface area contributed by atoms with Gasteiger partial charge in [0.25, 0.3) is 0 Å². The van der Waals surface area contributed by atoms with Crippen LogP contribution < -0.4 is 0 Å². The normalized spacial score (nSPS) is 11.4. The summed E-state index contributed by atoms with van der Waals surface area (Å²) in [5, 5.41) is 0.596. The molecule has 0 aliphatic heterocycles.